The lowest BCUT2D eigenvalue weighted by atomic mass is 9.86. The van der Waals surface area contributed by atoms with Gasteiger partial charge in [-0.1, -0.05) is 0 Å². The van der Waals surface area contributed by atoms with Crippen molar-refractivity contribution in [1.29, 1.82) is 0 Å². The maximum Gasteiger partial charge on any atom is 0.131 e. The largest absolute Gasteiger partial charge is 0.384 e. The SMILES string of the molecule is COCCc1nc(C)c2c(n1)CCC(CN)C2. The van der Waals surface area contributed by atoms with Gasteiger partial charge in [-0.25, -0.2) is 9.97 Å². The molecule has 1 atom stereocenters. The molecule has 1 unspecified atom stereocenters. The van der Waals surface area contributed by atoms with Crippen molar-refractivity contribution < 1.29 is 4.74 Å². The molecule has 0 aliphatic heterocycles. The van der Waals surface area contributed by atoms with Crippen molar-refractivity contribution in [3.05, 3.63) is 22.8 Å². The third-order valence-corrected chi connectivity index (χ3v) is 3.49. The van der Waals surface area contributed by atoms with Crippen molar-refractivity contribution in [1.82, 2.24) is 9.97 Å². The van der Waals surface area contributed by atoms with Gasteiger partial charge in [-0.15, -0.1) is 0 Å². The fourth-order valence-electron chi connectivity index (χ4n) is 2.43. The van der Waals surface area contributed by atoms with Gasteiger partial charge in [0.15, 0.2) is 0 Å². The van der Waals surface area contributed by atoms with Gasteiger partial charge in [-0.3, -0.25) is 0 Å². The topological polar surface area (TPSA) is 61.0 Å². The Labute approximate surface area is 103 Å². The Kier molecular flexibility index (Phi) is 4.07. The van der Waals surface area contributed by atoms with Gasteiger partial charge in [0, 0.05) is 24.9 Å². The van der Waals surface area contributed by atoms with Crippen LogP contribution in [0.25, 0.3) is 0 Å². The molecular formula is C13H21N3O. The molecule has 4 nitrogen and oxygen atoms in total. The number of methoxy groups -OCH3 is 1. The van der Waals surface area contributed by atoms with Gasteiger partial charge >= 0.3 is 0 Å². The second kappa shape index (κ2) is 5.56. The first-order chi connectivity index (χ1) is 8.24. The lowest BCUT2D eigenvalue weighted by molar-refractivity contribution is 0.200. The van der Waals surface area contributed by atoms with Gasteiger partial charge in [-0.05, 0) is 44.2 Å². The number of hydrogen-bond acceptors (Lipinski definition) is 4. The van der Waals surface area contributed by atoms with Crippen LogP contribution in [0.2, 0.25) is 0 Å². The molecule has 1 aliphatic rings. The predicted molar refractivity (Wildman–Crippen MR) is 66.9 cm³/mol. The van der Waals surface area contributed by atoms with E-state index in [0.717, 1.165) is 43.7 Å². The average molecular weight is 235 g/mol. The molecule has 4 heteroatoms. The normalized spacial score (nSPS) is 19.1. The van der Waals surface area contributed by atoms with E-state index in [9.17, 15) is 0 Å². The quantitative estimate of drug-likeness (QED) is 0.847. The number of aryl methyl sites for hydroxylation is 2. The molecule has 1 aromatic rings. The molecule has 1 aliphatic carbocycles. The van der Waals surface area contributed by atoms with E-state index in [2.05, 4.69) is 16.9 Å². The van der Waals surface area contributed by atoms with Crippen LogP contribution in [-0.2, 0) is 24.0 Å². The van der Waals surface area contributed by atoms with Crippen LogP contribution in [0.3, 0.4) is 0 Å². The average Bonchev–Trinajstić information content (AvgIpc) is 2.36. The minimum atomic E-state index is 0.606. The predicted octanol–water partition coefficient (Wildman–Crippen LogP) is 1.04. The molecule has 0 fully saturated rings. The molecule has 0 aromatic carbocycles. The van der Waals surface area contributed by atoms with Gasteiger partial charge < -0.3 is 10.5 Å². The number of fused-ring (bicyclic) bond motifs is 1. The second-order valence-electron chi connectivity index (χ2n) is 4.74. The van der Waals surface area contributed by atoms with Gasteiger partial charge in [0.1, 0.15) is 5.82 Å². The maximum absolute atomic E-state index is 5.75. The standard InChI is InChI=1S/C13H21N3O/c1-9-11-7-10(8-14)3-4-12(11)16-13(15-9)5-6-17-2/h10H,3-8,14H2,1-2H3. The summed E-state index contributed by atoms with van der Waals surface area (Å²) in [6.45, 7) is 3.53. The van der Waals surface area contributed by atoms with E-state index in [4.69, 9.17) is 10.5 Å². The van der Waals surface area contributed by atoms with Crippen molar-refractivity contribution >= 4 is 0 Å². The Morgan fingerprint density at radius 3 is 2.94 bits per heavy atom. The molecule has 0 bridgehead atoms. The first kappa shape index (κ1) is 12.5. The number of nitrogens with two attached hydrogens (primary N) is 1. The van der Waals surface area contributed by atoms with Crippen molar-refractivity contribution in [2.24, 2.45) is 11.7 Å². The summed E-state index contributed by atoms with van der Waals surface area (Å²) in [7, 11) is 1.71. The molecule has 0 saturated carbocycles. The third kappa shape index (κ3) is 2.82. The highest BCUT2D eigenvalue weighted by Crippen LogP contribution is 2.25. The van der Waals surface area contributed by atoms with Crippen LogP contribution >= 0.6 is 0 Å². The monoisotopic (exact) mass is 235 g/mol. The minimum Gasteiger partial charge on any atom is -0.384 e. The first-order valence-electron chi connectivity index (χ1n) is 6.29. The van der Waals surface area contributed by atoms with Crippen LogP contribution in [0.15, 0.2) is 0 Å². The van der Waals surface area contributed by atoms with E-state index in [-0.39, 0.29) is 0 Å². The van der Waals surface area contributed by atoms with Crippen molar-refractivity contribution in [2.75, 3.05) is 20.3 Å². The number of ether oxygens (including phenoxy) is 1. The zero-order valence-corrected chi connectivity index (χ0v) is 10.7. The van der Waals surface area contributed by atoms with Crippen molar-refractivity contribution in [3.8, 4) is 0 Å². The summed E-state index contributed by atoms with van der Waals surface area (Å²) >= 11 is 0. The summed E-state index contributed by atoms with van der Waals surface area (Å²) < 4.78 is 5.07. The minimum absolute atomic E-state index is 0.606. The van der Waals surface area contributed by atoms with Gasteiger partial charge in [0.2, 0.25) is 0 Å². The van der Waals surface area contributed by atoms with E-state index in [1.165, 1.54) is 11.3 Å². The highest BCUT2D eigenvalue weighted by molar-refractivity contribution is 5.28. The highest BCUT2D eigenvalue weighted by Gasteiger charge is 2.21. The molecule has 2 rings (SSSR count). The van der Waals surface area contributed by atoms with Crippen molar-refractivity contribution in [2.45, 2.75) is 32.6 Å². The highest BCUT2D eigenvalue weighted by atomic mass is 16.5. The smallest absolute Gasteiger partial charge is 0.131 e. The molecule has 2 N–H and O–H groups in total. The van der Waals surface area contributed by atoms with Crippen LogP contribution < -0.4 is 5.73 Å². The van der Waals surface area contributed by atoms with Crippen molar-refractivity contribution in [3.63, 3.8) is 0 Å². The molecule has 94 valence electrons. The van der Waals surface area contributed by atoms with E-state index >= 15 is 0 Å². The molecule has 0 spiro atoms. The number of rotatable bonds is 4. The summed E-state index contributed by atoms with van der Waals surface area (Å²) in [6, 6.07) is 0. The molecule has 1 aromatic heterocycles. The third-order valence-electron chi connectivity index (χ3n) is 3.49. The molecule has 0 amide bonds. The maximum atomic E-state index is 5.75. The lowest BCUT2D eigenvalue weighted by Gasteiger charge is -2.24. The number of aromatic nitrogens is 2. The van der Waals surface area contributed by atoms with E-state index in [1.54, 1.807) is 7.11 Å². The summed E-state index contributed by atoms with van der Waals surface area (Å²) in [6.07, 6.45) is 4.04. The Hall–Kier alpha value is -1.00. The van der Waals surface area contributed by atoms with E-state index in [0.29, 0.717) is 12.5 Å². The molecule has 0 radical (unpaired) electrons. The van der Waals surface area contributed by atoms with Gasteiger partial charge in [-0.2, -0.15) is 0 Å². The summed E-state index contributed by atoms with van der Waals surface area (Å²) in [5, 5.41) is 0. The zero-order valence-electron chi connectivity index (χ0n) is 10.7. The lowest BCUT2D eigenvalue weighted by Crippen LogP contribution is -2.24. The summed E-state index contributed by atoms with van der Waals surface area (Å²) in [4.78, 5) is 9.21. The van der Waals surface area contributed by atoms with E-state index < -0.39 is 0 Å². The van der Waals surface area contributed by atoms with Gasteiger partial charge in [0.05, 0.1) is 6.61 Å². The Balaban J connectivity index is 2.20. The number of nitrogens with zero attached hydrogens (tertiary/aromatic N) is 2. The summed E-state index contributed by atoms with van der Waals surface area (Å²) in [5.41, 5.74) is 9.43. The van der Waals surface area contributed by atoms with Crippen LogP contribution in [-0.4, -0.2) is 30.2 Å². The molecular weight excluding hydrogens is 214 g/mol. The van der Waals surface area contributed by atoms with Crippen LogP contribution in [0.1, 0.15) is 29.2 Å². The van der Waals surface area contributed by atoms with Crippen LogP contribution in [0, 0.1) is 12.8 Å². The molecule has 0 saturated heterocycles. The molecule has 17 heavy (non-hydrogen) atoms. The molecule has 1 heterocycles. The Morgan fingerprint density at radius 2 is 2.24 bits per heavy atom. The Morgan fingerprint density at radius 1 is 1.41 bits per heavy atom. The first-order valence-corrected chi connectivity index (χ1v) is 6.29. The second-order valence-corrected chi connectivity index (χ2v) is 4.74. The van der Waals surface area contributed by atoms with Crippen LogP contribution in [0.4, 0.5) is 0 Å². The summed E-state index contributed by atoms with van der Waals surface area (Å²) in [5.74, 6) is 1.52. The Bertz CT molecular complexity index is 392. The van der Waals surface area contributed by atoms with Gasteiger partial charge in [0.25, 0.3) is 0 Å². The van der Waals surface area contributed by atoms with Crippen LogP contribution in [0.5, 0.6) is 0 Å². The number of hydrogen-bond donors (Lipinski definition) is 1. The zero-order chi connectivity index (χ0) is 12.3. The fraction of sp³-hybridized carbons (Fsp3) is 0.692. The fourth-order valence-corrected chi connectivity index (χ4v) is 2.43. The van der Waals surface area contributed by atoms with E-state index in [1.807, 2.05) is 0 Å².